The lowest BCUT2D eigenvalue weighted by Crippen LogP contribution is -2.17. The van der Waals surface area contributed by atoms with E-state index in [0.29, 0.717) is 0 Å². The van der Waals surface area contributed by atoms with Crippen molar-refractivity contribution in [2.24, 2.45) is 0 Å². The molecule has 0 saturated heterocycles. The molecule has 1 heteroatoms. The molecule has 104 valence electrons. The van der Waals surface area contributed by atoms with Crippen LogP contribution in [-0.2, 0) is 0 Å². The van der Waals surface area contributed by atoms with E-state index in [1.807, 2.05) is 30.3 Å². The van der Waals surface area contributed by atoms with E-state index in [0.717, 1.165) is 31.4 Å². The standard InChI is InChI=1S/C18H26O/c1-5-9-16(4)12-13-18(14-15(2)3)19-17-10-7-6-8-11-17/h6-8,10-11,18H,2,4-5,9,12-14H2,1,3H3. The minimum Gasteiger partial charge on any atom is -0.490 e. The average Bonchev–Trinajstić information content (AvgIpc) is 2.37. The molecule has 0 aliphatic heterocycles. The minimum atomic E-state index is 0.202. The molecule has 0 aliphatic carbocycles. The van der Waals surface area contributed by atoms with Crippen LogP contribution in [0.4, 0.5) is 0 Å². The number of rotatable bonds is 9. The summed E-state index contributed by atoms with van der Waals surface area (Å²) in [4.78, 5) is 0. The number of allylic oxidation sites excluding steroid dienone is 1. The van der Waals surface area contributed by atoms with E-state index < -0.39 is 0 Å². The highest BCUT2D eigenvalue weighted by Crippen LogP contribution is 2.20. The van der Waals surface area contributed by atoms with Gasteiger partial charge in [0.25, 0.3) is 0 Å². The van der Waals surface area contributed by atoms with E-state index in [1.54, 1.807) is 0 Å². The van der Waals surface area contributed by atoms with Gasteiger partial charge in [0, 0.05) is 6.42 Å². The first-order valence-electron chi connectivity index (χ1n) is 7.14. The molecule has 1 unspecified atom stereocenters. The first kappa shape index (κ1) is 15.6. The average molecular weight is 258 g/mol. The Hall–Kier alpha value is -1.50. The van der Waals surface area contributed by atoms with Crippen molar-refractivity contribution in [3.05, 3.63) is 54.6 Å². The summed E-state index contributed by atoms with van der Waals surface area (Å²) in [6, 6.07) is 10.0. The molecule has 1 atom stereocenters. The maximum absolute atomic E-state index is 6.05. The molecule has 0 heterocycles. The predicted molar refractivity (Wildman–Crippen MR) is 83.6 cm³/mol. The first-order chi connectivity index (χ1) is 9.11. The summed E-state index contributed by atoms with van der Waals surface area (Å²) in [6.45, 7) is 12.4. The fraction of sp³-hybridized carbons (Fsp3) is 0.444. The second kappa shape index (κ2) is 8.58. The Morgan fingerprint density at radius 2 is 1.84 bits per heavy atom. The van der Waals surface area contributed by atoms with Crippen LogP contribution >= 0.6 is 0 Å². The van der Waals surface area contributed by atoms with Gasteiger partial charge in [0.2, 0.25) is 0 Å². The van der Waals surface area contributed by atoms with Gasteiger partial charge in [-0.05, 0) is 38.3 Å². The minimum absolute atomic E-state index is 0.202. The Morgan fingerprint density at radius 1 is 1.16 bits per heavy atom. The fourth-order valence-corrected chi connectivity index (χ4v) is 2.13. The molecule has 0 aromatic heterocycles. The van der Waals surface area contributed by atoms with Crippen molar-refractivity contribution in [1.29, 1.82) is 0 Å². The smallest absolute Gasteiger partial charge is 0.119 e. The predicted octanol–water partition coefficient (Wildman–Crippen LogP) is 5.54. The first-order valence-corrected chi connectivity index (χ1v) is 7.14. The van der Waals surface area contributed by atoms with Crippen molar-refractivity contribution < 1.29 is 4.74 Å². The lowest BCUT2D eigenvalue weighted by molar-refractivity contribution is 0.191. The molecular formula is C18H26O. The van der Waals surface area contributed by atoms with Crippen molar-refractivity contribution in [2.45, 2.75) is 52.1 Å². The third-order valence-corrected chi connectivity index (χ3v) is 3.05. The Morgan fingerprint density at radius 3 is 2.42 bits per heavy atom. The molecule has 0 aliphatic rings. The van der Waals surface area contributed by atoms with Gasteiger partial charge in [-0.25, -0.2) is 0 Å². The Bertz CT molecular complexity index is 391. The molecule has 0 bridgehead atoms. The quantitative estimate of drug-likeness (QED) is 0.529. The molecule has 1 rings (SSSR count). The third kappa shape index (κ3) is 6.85. The van der Waals surface area contributed by atoms with E-state index in [9.17, 15) is 0 Å². The van der Waals surface area contributed by atoms with Gasteiger partial charge in [0.1, 0.15) is 11.9 Å². The van der Waals surface area contributed by atoms with Crippen LogP contribution in [0.2, 0.25) is 0 Å². The molecule has 0 radical (unpaired) electrons. The maximum atomic E-state index is 6.05. The number of ether oxygens (including phenoxy) is 1. The number of para-hydroxylation sites is 1. The van der Waals surface area contributed by atoms with Crippen LogP contribution < -0.4 is 4.74 Å². The van der Waals surface area contributed by atoms with Gasteiger partial charge in [-0.1, -0.05) is 49.3 Å². The van der Waals surface area contributed by atoms with Gasteiger partial charge in [-0.15, -0.1) is 6.58 Å². The second-order valence-corrected chi connectivity index (χ2v) is 5.25. The largest absolute Gasteiger partial charge is 0.490 e. The van der Waals surface area contributed by atoms with Crippen molar-refractivity contribution >= 4 is 0 Å². The molecule has 0 fully saturated rings. The topological polar surface area (TPSA) is 9.23 Å². The molecule has 1 nitrogen and oxygen atoms in total. The van der Waals surface area contributed by atoms with Crippen LogP contribution in [0.5, 0.6) is 5.75 Å². The Kier molecular flexibility index (Phi) is 7.02. The van der Waals surface area contributed by atoms with Gasteiger partial charge in [0.05, 0.1) is 0 Å². The SMILES string of the molecule is C=C(C)CC(CCC(=C)CCC)Oc1ccccc1. The second-order valence-electron chi connectivity index (χ2n) is 5.25. The summed E-state index contributed by atoms with van der Waals surface area (Å²) >= 11 is 0. The van der Waals surface area contributed by atoms with E-state index in [1.165, 1.54) is 17.6 Å². The molecule has 0 N–H and O–H groups in total. The molecule has 1 aromatic carbocycles. The summed E-state index contributed by atoms with van der Waals surface area (Å²) in [5.74, 6) is 0.940. The molecule has 1 aromatic rings. The van der Waals surface area contributed by atoms with Crippen molar-refractivity contribution in [2.75, 3.05) is 0 Å². The lowest BCUT2D eigenvalue weighted by atomic mass is 10.0. The van der Waals surface area contributed by atoms with Crippen LogP contribution in [0.15, 0.2) is 54.6 Å². The summed E-state index contributed by atoms with van der Waals surface area (Å²) in [5, 5.41) is 0. The van der Waals surface area contributed by atoms with E-state index in [2.05, 4.69) is 27.0 Å². The normalized spacial score (nSPS) is 11.9. The van der Waals surface area contributed by atoms with Crippen molar-refractivity contribution in [3.8, 4) is 5.75 Å². The fourth-order valence-electron chi connectivity index (χ4n) is 2.13. The summed E-state index contributed by atoms with van der Waals surface area (Å²) in [6.07, 6.45) is 5.45. The molecule has 0 spiro atoms. The number of hydrogen-bond donors (Lipinski definition) is 0. The summed E-state index contributed by atoms with van der Waals surface area (Å²) in [7, 11) is 0. The zero-order valence-corrected chi connectivity index (χ0v) is 12.3. The maximum Gasteiger partial charge on any atom is 0.119 e. The summed E-state index contributed by atoms with van der Waals surface area (Å²) < 4.78 is 6.05. The van der Waals surface area contributed by atoms with Gasteiger partial charge in [0.15, 0.2) is 0 Å². The van der Waals surface area contributed by atoms with Gasteiger partial charge < -0.3 is 4.74 Å². The monoisotopic (exact) mass is 258 g/mol. The zero-order chi connectivity index (χ0) is 14.1. The van der Waals surface area contributed by atoms with E-state index in [-0.39, 0.29) is 6.10 Å². The highest BCUT2D eigenvalue weighted by molar-refractivity contribution is 5.21. The highest BCUT2D eigenvalue weighted by Gasteiger charge is 2.11. The van der Waals surface area contributed by atoms with Gasteiger partial charge in [-0.2, -0.15) is 0 Å². The van der Waals surface area contributed by atoms with Crippen LogP contribution in [0.3, 0.4) is 0 Å². The van der Waals surface area contributed by atoms with Crippen LogP contribution in [0.25, 0.3) is 0 Å². The van der Waals surface area contributed by atoms with Crippen LogP contribution in [0.1, 0.15) is 46.0 Å². The molecular weight excluding hydrogens is 232 g/mol. The van der Waals surface area contributed by atoms with Gasteiger partial charge >= 0.3 is 0 Å². The van der Waals surface area contributed by atoms with Gasteiger partial charge in [-0.3, -0.25) is 0 Å². The van der Waals surface area contributed by atoms with Crippen LogP contribution in [0, 0.1) is 0 Å². The summed E-state index contributed by atoms with van der Waals surface area (Å²) in [5.41, 5.74) is 2.49. The number of hydrogen-bond acceptors (Lipinski definition) is 1. The molecule has 0 saturated carbocycles. The lowest BCUT2D eigenvalue weighted by Gasteiger charge is -2.20. The zero-order valence-electron chi connectivity index (χ0n) is 12.3. The van der Waals surface area contributed by atoms with Crippen molar-refractivity contribution in [3.63, 3.8) is 0 Å². The molecule has 19 heavy (non-hydrogen) atoms. The van der Waals surface area contributed by atoms with E-state index >= 15 is 0 Å². The van der Waals surface area contributed by atoms with E-state index in [4.69, 9.17) is 4.74 Å². The Balaban J connectivity index is 2.52. The third-order valence-electron chi connectivity index (χ3n) is 3.05. The van der Waals surface area contributed by atoms with Crippen molar-refractivity contribution in [1.82, 2.24) is 0 Å². The Labute approximate surface area is 118 Å². The molecule has 0 amide bonds. The number of benzene rings is 1. The van der Waals surface area contributed by atoms with Crippen LogP contribution in [-0.4, -0.2) is 6.10 Å². The highest BCUT2D eigenvalue weighted by atomic mass is 16.5.